The van der Waals surface area contributed by atoms with Gasteiger partial charge in [0.15, 0.2) is 5.16 Å². The summed E-state index contributed by atoms with van der Waals surface area (Å²) in [6.45, 7) is 0. The van der Waals surface area contributed by atoms with Crippen molar-refractivity contribution in [2.24, 2.45) is 5.73 Å². The number of nitrogens with two attached hydrogens (primary N) is 1. The fourth-order valence-electron chi connectivity index (χ4n) is 3.35. The normalized spacial score (nSPS) is 12.8. The van der Waals surface area contributed by atoms with Crippen LogP contribution in [-0.2, 0) is 28.2 Å². The van der Waals surface area contributed by atoms with E-state index < -0.39 is 5.91 Å². The highest BCUT2D eigenvalue weighted by Gasteiger charge is 2.24. The van der Waals surface area contributed by atoms with Crippen molar-refractivity contribution < 1.29 is 9.59 Å². The fourth-order valence-corrected chi connectivity index (χ4v) is 6.12. The van der Waals surface area contributed by atoms with Crippen LogP contribution in [0.3, 0.4) is 0 Å². The lowest BCUT2D eigenvalue weighted by Crippen LogP contribution is -2.36. The van der Waals surface area contributed by atoms with Gasteiger partial charge in [0.05, 0.1) is 16.9 Å². The van der Waals surface area contributed by atoms with Gasteiger partial charge in [0, 0.05) is 10.6 Å². The highest BCUT2D eigenvalue weighted by Crippen LogP contribution is 2.35. The van der Waals surface area contributed by atoms with E-state index in [0.29, 0.717) is 16.0 Å². The molecule has 2 amide bonds. The summed E-state index contributed by atoms with van der Waals surface area (Å²) in [7, 11) is 0. The van der Waals surface area contributed by atoms with Gasteiger partial charge in [-0.3, -0.25) is 19.8 Å². The van der Waals surface area contributed by atoms with Gasteiger partial charge in [0.1, 0.15) is 4.83 Å². The number of benzene rings is 1. The number of nitrogens with one attached hydrogen (secondary N) is 1. The lowest BCUT2D eigenvalue weighted by Gasteiger charge is -2.13. The van der Waals surface area contributed by atoms with E-state index in [-0.39, 0.29) is 28.1 Å². The Bertz CT molecular complexity index is 1160. The van der Waals surface area contributed by atoms with E-state index in [1.54, 1.807) is 0 Å². The molecule has 1 aromatic carbocycles. The molecule has 1 aliphatic rings. The predicted octanol–water partition coefficient (Wildman–Crippen LogP) is 2.53. The van der Waals surface area contributed by atoms with Gasteiger partial charge in [-0.25, -0.2) is 4.98 Å². The highest BCUT2D eigenvalue weighted by molar-refractivity contribution is 7.99. The van der Waals surface area contributed by atoms with Crippen LogP contribution in [0, 0.1) is 0 Å². The lowest BCUT2D eigenvalue weighted by atomic mass is 10.2. The van der Waals surface area contributed by atoms with Gasteiger partial charge in [0.25, 0.3) is 5.56 Å². The summed E-state index contributed by atoms with van der Waals surface area (Å²) < 4.78 is 1.17. The number of aromatic nitrogens is 2. The first-order valence-electron chi connectivity index (χ1n) is 9.43. The number of thiophene rings is 1. The minimum absolute atomic E-state index is 0.0261. The van der Waals surface area contributed by atoms with E-state index in [0.717, 1.165) is 42.2 Å². The van der Waals surface area contributed by atoms with E-state index in [9.17, 15) is 14.4 Å². The maximum atomic E-state index is 13.2. The predicted molar refractivity (Wildman–Crippen MR) is 123 cm³/mol. The number of rotatable bonds is 8. The van der Waals surface area contributed by atoms with E-state index >= 15 is 0 Å². The third-order valence-corrected chi connectivity index (χ3v) is 7.78. The number of hydrogen-bond acceptors (Lipinski definition) is 7. The highest BCUT2D eigenvalue weighted by atomic mass is 32.2. The standard InChI is InChI=1S/C20H20N4O3S3/c21-15(25)10-29-20-22-18-17(13-7-4-8-14(13)30-18)19(27)24(20)23-16(26)11-28-9-12-5-2-1-3-6-12/h1-3,5-6H,4,7-11H2,(H2,21,25)(H,23,26). The number of hydrogen-bond donors (Lipinski definition) is 2. The van der Waals surface area contributed by atoms with Crippen LogP contribution in [0.1, 0.15) is 22.4 Å². The van der Waals surface area contributed by atoms with Gasteiger partial charge < -0.3 is 5.73 Å². The summed E-state index contributed by atoms with van der Waals surface area (Å²) in [4.78, 5) is 43.4. The van der Waals surface area contributed by atoms with E-state index in [2.05, 4.69) is 10.4 Å². The number of amides is 2. The minimum atomic E-state index is -0.515. The zero-order valence-corrected chi connectivity index (χ0v) is 18.5. The Morgan fingerprint density at radius 3 is 2.77 bits per heavy atom. The fraction of sp³-hybridized carbons (Fsp3) is 0.300. The van der Waals surface area contributed by atoms with Crippen LogP contribution in [0.2, 0.25) is 0 Å². The summed E-state index contributed by atoms with van der Waals surface area (Å²) in [6.07, 6.45) is 2.82. The molecule has 10 heteroatoms. The Balaban J connectivity index is 1.56. The number of nitrogens with zero attached hydrogens (tertiary/aromatic N) is 2. The quantitative estimate of drug-likeness (QED) is 0.395. The minimum Gasteiger partial charge on any atom is -0.369 e. The zero-order chi connectivity index (χ0) is 21.1. The summed E-state index contributed by atoms with van der Waals surface area (Å²) in [5.41, 5.74) is 9.81. The van der Waals surface area contributed by atoms with Crippen LogP contribution >= 0.6 is 34.9 Å². The van der Waals surface area contributed by atoms with Crippen molar-refractivity contribution in [1.82, 2.24) is 9.66 Å². The Kier molecular flexibility index (Phi) is 6.45. The summed E-state index contributed by atoms with van der Waals surface area (Å²) >= 11 is 4.03. The van der Waals surface area contributed by atoms with Crippen molar-refractivity contribution in [3.63, 3.8) is 0 Å². The topological polar surface area (TPSA) is 107 Å². The Hall–Kier alpha value is -2.30. The third kappa shape index (κ3) is 4.55. The summed E-state index contributed by atoms with van der Waals surface area (Å²) in [5.74, 6) is 0.0519. The number of carbonyl (C=O) groups is 2. The second kappa shape index (κ2) is 9.23. The van der Waals surface area contributed by atoms with Crippen molar-refractivity contribution >= 4 is 56.9 Å². The number of carbonyl (C=O) groups excluding carboxylic acids is 2. The van der Waals surface area contributed by atoms with Crippen molar-refractivity contribution in [3.8, 4) is 0 Å². The Morgan fingerprint density at radius 2 is 2.00 bits per heavy atom. The molecule has 0 unspecified atom stereocenters. The van der Waals surface area contributed by atoms with Gasteiger partial charge in [0.2, 0.25) is 11.8 Å². The molecule has 0 saturated heterocycles. The van der Waals surface area contributed by atoms with Crippen LogP contribution in [-0.4, -0.2) is 33.0 Å². The third-order valence-electron chi connectivity index (χ3n) is 4.63. The first kappa shape index (κ1) is 21.0. The largest absolute Gasteiger partial charge is 0.369 e. The van der Waals surface area contributed by atoms with E-state index in [1.807, 2.05) is 30.3 Å². The molecule has 0 bridgehead atoms. The van der Waals surface area contributed by atoms with E-state index in [1.165, 1.54) is 32.7 Å². The van der Waals surface area contributed by atoms with Crippen LogP contribution in [0.5, 0.6) is 0 Å². The number of aryl methyl sites for hydroxylation is 2. The molecule has 4 rings (SSSR count). The van der Waals surface area contributed by atoms with Crippen LogP contribution < -0.4 is 16.7 Å². The summed E-state index contributed by atoms with van der Waals surface area (Å²) in [5, 5.41) is 0.848. The van der Waals surface area contributed by atoms with Crippen molar-refractivity contribution in [3.05, 3.63) is 56.7 Å². The van der Waals surface area contributed by atoms with Crippen molar-refractivity contribution in [1.29, 1.82) is 0 Å². The molecule has 3 N–H and O–H groups in total. The van der Waals surface area contributed by atoms with E-state index in [4.69, 9.17) is 5.73 Å². The molecule has 0 atom stereocenters. The smallest absolute Gasteiger partial charge is 0.282 e. The molecule has 0 spiro atoms. The number of thioether (sulfide) groups is 2. The number of primary amides is 1. The molecular weight excluding hydrogens is 440 g/mol. The molecule has 30 heavy (non-hydrogen) atoms. The first-order valence-corrected chi connectivity index (χ1v) is 12.4. The zero-order valence-electron chi connectivity index (χ0n) is 16.1. The molecule has 0 fully saturated rings. The van der Waals surface area contributed by atoms with Crippen molar-refractivity contribution in [2.45, 2.75) is 30.2 Å². The van der Waals surface area contributed by atoms with Gasteiger partial charge in [-0.1, -0.05) is 42.1 Å². The summed E-state index contributed by atoms with van der Waals surface area (Å²) in [6, 6.07) is 9.87. The van der Waals surface area contributed by atoms with Crippen molar-refractivity contribution in [2.75, 3.05) is 16.9 Å². The number of fused-ring (bicyclic) bond motifs is 3. The molecule has 0 saturated carbocycles. The van der Waals surface area contributed by atoms with Crippen LogP contribution in [0.15, 0.2) is 40.3 Å². The molecule has 0 aliphatic heterocycles. The average Bonchev–Trinajstić information content (AvgIpc) is 3.30. The molecule has 1 aliphatic carbocycles. The molecule has 7 nitrogen and oxygen atoms in total. The average molecular weight is 461 g/mol. The van der Waals surface area contributed by atoms with Gasteiger partial charge in [-0.2, -0.15) is 4.68 Å². The lowest BCUT2D eigenvalue weighted by molar-refractivity contribution is -0.116. The van der Waals surface area contributed by atoms with Gasteiger partial charge in [-0.05, 0) is 30.4 Å². The molecule has 156 valence electrons. The molecule has 2 heterocycles. The molecule has 0 radical (unpaired) electrons. The van der Waals surface area contributed by atoms with Crippen LogP contribution in [0.4, 0.5) is 0 Å². The Labute approximate surface area is 185 Å². The van der Waals surface area contributed by atoms with Gasteiger partial charge in [-0.15, -0.1) is 23.1 Å². The maximum absolute atomic E-state index is 13.2. The Morgan fingerprint density at radius 1 is 1.20 bits per heavy atom. The molecule has 2 aromatic heterocycles. The monoisotopic (exact) mass is 460 g/mol. The van der Waals surface area contributed by atoms with Crippen LogP contribution in [0.25, 0.3) is 10.2 Å². The van der Waals surface area contributed by atoms with Gasteiger partial charge >= 0.3 is 0 Å². The second-order valence-corrected chi connectivity index (χ2v) is 9.85. The first-order chi connectivity index (χ1) is 14.5. The second-order valence-electron chi connectivity index (χ2n) is 6.84. The molecule has 3 aromatic rings. The SMILES string of the molecule is NC(=O)CSc1nc2sc3c(c2c(=O)n1NC(=O)CSCc1ccccc1)CCC3. The maximum Gasteiger partial charge on any atom is 0.282 e. The molecular formula is C20H20N4O3S3.